The van der Waals surface area contributed by atoms with E-state index in [-0.39, 0.29) is 6.10 Å². The van der Waals surface area contributed by atoms with Crippen LogP contribution in [-0.4, -0.2) is 33.4 Å². The van der Waals surface area contributed by atoms with Gasteiger partial charge in [0.15, 0.2) is 6.10 Å². The first kappa shape index (κ1) is 20.4. The highest BCUT2D eigenvalue weighted by Gasteiger charge is 2.41. The van der Waals surface area contributed by atoms with E-state index in [0.29, 0.717) is 0 Å². The second-order valence-electron chi connectivity index (χ2n) is 5.49. The van der Waals surface area contributed by atoms with Crippen molar-refractivity contribution < 1.29 is 18.9 Å². The molecule has 0 fully saturated rings. The van der Waals surface area contributed by atoms with Crippen molar-refractivity contribution in [2.75, 3.05) is 21.3 Å². The van der Waals surface area contributed by atoms with Crippen molar-refractivity contribution in [1.82, 2.24) is 0 Å². The molecule has 0 spiro atoms. The molecule has 21 heavy (non-hydrogen) atoms. The Morgan fingerprint density at radius 1 is 0.952 bits per heavy atom. The molecule has 0 saturated heterocycles. The van der Waals surface area contributed by atoms with Crippen LogP contribution in [0.2, 0.25) is 0 Å². The van der Waals surface area contributed by atoms with Gasteiger partial charge in [0.05, 0.1) is 6.26 Å². The maximum absolute atomic E-state index is 5.73. The van der Waals surface area contributed by atoms with Gasteiger partial charge in [-0.1, -0.05) is 45.6 Å². The van der Waals surface area contributed by atoms with E-state index in [0.717, 1.165) is 18.8 Å². The molecule has 0 aromatic heterocycles. The first-order valence-electron chi connectivity index (χ1n) is 8.02. The van der Waals surface area contributed by atoms with Gasteiger partial charge in [0.1, 0.15) is 0 Å². The molecule has 0 aliphatic heterocycles. The second-order valence-corrected chi connectivity index (χ2v) is 5.49. The molecule has 2 atom stereocenters. The summed E-state index contributed by atoms with van der Waals surface area (Å²) in [6.45, 7) is 6.47. The Balaban J connectivity index is 4.42. The van der Waals surface area contributed by atoms with Crippen molar-refractivity contribution in [2.45, 2.75) is 71.4 Å². The summed E-state index contributed by atoms with van der Waals surface area (Å²) in [7, 11) is 4.72. The van der Waals surface area contributed by atoms with Crippen molar-refractivity contribution in [3.8, 4) is 0 Å². The van der Waals surface area contributed by atoms with Gasteiger partial charge in [-0.2, -0.15) is 0 Å². The minimum atomic E-state index is -1.14. The fourth-order valence-electron chi connectivity index (χ4n) is 2.61. The van der Waals surface area contributed by atoms with E-state index in [4.69, 9.17) is 18.9 Å². The molecule has 0 aliphatic carbocycles. The Morgan fingerprint density at radius 3 is 2.00 bits per heavy atom. The Labute approximate surface area is 130 Å². The van der Waals surface area contributed by atoms with Crippen LogP contribution in [0.1, 0.15) is 59.3 Å². The number of ether oxygens (including phenoxy) is 4. The largest absolute Gasteiger partial charge is 0.490 e. The van der Waals surface area contributed by atoms with E-state index in [1.165, 1.54) is 25.7 Å². The molecule has 126 valence electrons. The lowest BCUT2D eigenvalue weighted by atomic mass is 9.97. The zero-order chi connectivity index (χ0) is 16.1. The lowest BCUT2D eigenvalue weighted by Gasteiger charge is -2.35. The van der Waals surface area contributed by atoms with E-state index in [1.54, 1.807) is 27.6 Å². The number of unbranched alkanes of at least 4 members (excludes halogenated alkanes) is 1. The van der Waals surface area contributed by atoms with E-state index < -0.39 is 5.97 Å². The highest BCUT2D eigenvalue weighted by Crippen LogP contribution is 2.26. The standard InChI is InChI=1S/C17H34O4/c1-7-11-15(3)12-9-10-13-16(21-14-8-2)17(18-4,19-5)20-6/h8,14-16H,7,9-13H2,1-6H3. The summed E-state index contributed by atoms with van der Waals surface area (Å²) in [5, 5.41) is 0. The van der Waals surface area contributed by atoms with Gasteiger partial charge in [0.2, 0.25) is 0 Å². The van der Waals surface area contributed by atoms with Crippen molar-refractivity contribution >= 4 is 0 Å². The first-order valence-corrected chi connectivity index (χ1v) is 8.02. The predicted octanol–water partition coefficient (Wildman–Crippen LogP) is 4.49. The lowest BCUT2D eigenvalue weighted by molar-refractivity contribution is -0.389. The molecule has 0 aromatic rings. The van der Waals surface area contributed by atoms with Gasteiger partial charge in [-0.15, -0.1) is 0 Å². The molecular formula is C17H34O4. The third-order valence-electron chi connectivity index (χ3n) is 3.82. The molecule has 0 N–H and O–H groups in total. The zero-order valence-electron chi connectivity index (χ0n) is 14.7. The van der Waals surface area contributed by atoms with E-state index in [1.807, 2.05) is 13.0 Å². The van der Waals surface area contributed by atoms with Crippen LogP contribution in [-0.2, 0) is 18.9 Å². The highest BCUT2D eigenvalue weighted by atomic mass is 16.9. The quantitative estimate of drug-likeness (QED) is 0.285. The van der Waals surface area contributed by atoms with Gasteiger partial charge in [-0.25, -0.2) is 0 Å². The molecule has 0 aromatic carbocycles. The molecule has 2 unspecified atom stereocenters. The number of hydrogen-bond donors (Lipinski definition) is 0. The molecule has 0 saturated carbocycles. The normalized spacial score (nSPS) is 15.3. The molecule has 0 rings (SSSR count). The monoisotopic (exact) mass is 302 g/mol. The van der Waals surface area contributed by atoms with Crippen LogP contribution < -0.4 is 0 Å². The average molecular weight is 302 g/mol. The molecule has 0 bridgehead atoms. The maximum atomic E-state index is 5.73. The molecule has 0 heterocycles. The Morgan fingerprint density at radius 2 is 1.52 bits per heavy atom. The SMILES string of the molecule is CC=COC(CCCCC(C)CCC)C(OC)(OC)OC. The topological polar surface area (TPSA) is 36.9 Å². The van der Waals surface area contributed by atoms with Crippen LogP contribution in [0.5, 0.6) is 0 Å². The van der Waals surface area contributed by atoms with Gasteiger partial charge in [-0.05, 0) is 25.7 Å². The first-order chi connectivity index (χ1) is 10.1. The van der Waals surface area contributed by atoms with Crippen molar-refractivity contribution in [2.24, 2.45) is 5.92 Å². The fraction of sp³-hybridized carbons (Fsp3) is 0.882. The van der Waals surface area contributed by atoms with Crippen LogP contribution in [0.15, 0.2) is 12.3 Å². The average Bonchev–Trinajstić information content (AvgIpc) is 2.50. The van der Waals surface area contributed by atoms with Crippen LogP contribution in [0.25, 0.3) is 0 Å². The predicted molar refractivity (Wildman–Crippen MR) is 86.0 cm³/mol. The van der Waals surface area contributed by atoms with E-state index in [2.05, 4.69) is 13.8 Å². The van der Waals surface area contributed by atoms with Gasteiger partial charge >= 0.3 is 5.97 Å². The molecule has 4 heteroatoms. The minimum absolute atomic E-state index is 0.282. The third kappa shape index (κ3) is 7.30. The van der Waals surface area contributed by atoms with Gasteiger partial charge < -0.3 is 18.9 Å². The summed E-state index contributed by atoms with van der Waals surface area (Å²) in [6, 6.07) is 0. The van der Waals surface area contributed by atoms with Gasteiger partial charge in [0.25, 0.3) is 0 Å². The maximum Gasteiger partial charge on any atom is 0.321 e. The summed E-state index contributed by atoms with van der Waals surface area (Å²) in [6.07, 6.45) is 10.1. The van der Waals surface area contributed by atoms with Crippen LogP contribution in [0, 0.1) is 5.92 Å². The summed E-state index contributed by atoms with van der Waals surface area (Å²) in [5.74, 6) is -0.351. The lowest BCUT2D eigenvalue weighted by Crippen LogP contribution is -2.48. The van der Waals surface area contributed by atoms with Crippen molar-refractivity contribution in [3.63, 3.8) is 0 Å². The molecule has 0 radical (unpaired) electrons. The van der Waals surface area contributed by atoms with Crippen LogP contribution in [0.4, 0.5) is 0 Å². The van der Waals surface area contributed by atoms with E-state index >= 15 is 0 Å². The number of hydrogen-bond acceptors (Lipinski definition) is 4. The zero-order valence-corrected chi connectivity index (χ0v) is 14.7. The minimum Gasteiger partial charge on any atom is -0.490 e. The Hall–Kier alpha value is -0.580. The molecular weight excluding hydrogens is 268 g/mol. The van der Waals surface area contributed by atoms with Gasteiger partial charge in [0, 0.05) is 21.3 Å². The summed E-state index contributed by atoms with van der Waals surface area (Å²) in [5.41, 5.74) is 0. The molecule has 0 aliphatic rings. The fourth-order valence-corrected chi connectivity index (χ4v) is 2.61. The summed E-state index contributed by atoms with van der Waals surface area (Å²) >= 11 is 0. The highest BCUT2D eigenvalue weighted by molar-refractivity contribution is 4.77. The summed E-state index contributed by atoms with van der Waals surface area (Å²) < 4.78 is 22.0. The molecule has 4 nitrogen and oxygen atoms in total. The van der Waals surface area contributed by atoms with Crippen LogP contribution in [0.3, 0.4) is 0 Å². The van der Waals surface area contributed by atoms with E-state index in [9.17, 15) is 0 Å². The third-order valence-corrected chi connectivity index (χ3v) is 3.82. The Kier molecular flexibility index (Phi) is 11.7. The summed E-state index contributed by atoms with van der Waals surface area (Å²) in [4.78, 5) is 0. The van der Waals surface area contributed by atoms with Crippen molar-refractivity contribution in [3.05, 3.63) is 12.3 Å². The second kappa shape index (κ2) is 12.0. The molecule has 0 amide bonds. The smallest absolute Gasteiger partial charge is 0.321 e. The van der Waals surface area contributed by atoms with Gasteiger partial charge in [-0.3, -0.25) is 0 Å². The Bertz CT molecular complexity index is 253. The number of rotatable bonds is 13. The number of allylic oxidation sites excluding steroid dienone is 1. The van der Waals surface area contributed by atoms with Crippen molar-refractivity contribution in [1.29, 1.82) is 0 Å². The van der Waals surface area contributed by atoms with Crippen LogP contribution >= 0.6 is 0 Å². The number of methoxy groups -OCH3 is 3.